The molecule has 0 heterocycles. The van der Waals surface area contributed by atoms with Gasteiger partial charge in [0.1, 0.15) is 11.3 Å². The number of benzene rings is 1. The van der Waals surface area contributed by atoms with Gasteiger partial charge in [0.2, 0.25) is 0 Å². The highest BCUT2D eigenvalue weighted by Crippen LogP contribution is 2.16. The van der Waals surface area contributed by atoms with Crippen LogP contribution in [0.1, 0.15) is 37.6 Å². The van der Waals surface area contributed by atoms with Crippen LogP contribution >= 0.6 is 0 Å². The molecule has 0 saturated heterocycles. The molecule has 0 radical (unpaired) electrons. The maximum atomic E-state index is 11.6. The maximum Gasteiger partial charge on any atom is 0.342 e. The standard InChI is InChI=1S/C14H19NO4/c1-4-14(2,3)15-12(17)9-19-13(18)10-7-5-6-8-11(10)16/h5-8,16H,4,9H2,1-3H3,(H,15,17). The van der Waals surface area contributed by atoms with Crippen molar-refractivity contribution in [2.24, 2.45) is 0 Å². The second kappa shape index (κ2) is 6.22. The first kappa shape index (κ1) is 15.0. The van der Waals surface area contributed by atoms with Crippen LogP contribution in [-0.4, -0.2) is 29.1 Å². The van der Waals surface area contributed by atoms with E-state index in [1.807, 2.05) is 20.8 Å². The molecule has 0 aromatic heterocycles. The predicted molar refractivity (Wildman–Crippen MR) is 70.9 cm³/mol. The van der Waals surface area contributed by atoms with Gasteiger partial charge in [-0.3, -0.25) is 4.79 Å². The third-order valence-corrected chi connectivity index (χ3v) is 2.82. The van der Waals surface area contributed by atoms with Crippen LogP contribution in [-0.2, 0) is 9.53 Å². The van der Waals surface area contributed by atoms with Crippen LogP contribution < -0.4 is 5.32 Å². The molecule has 1 aromatic rings. The molecule has 19 heavy (non-hydrogen) atoms. The number of hydrogen-bond donors (Lipinski definition) is 2. The average molecular weight is 265 g/mol. The molecule has 0 aliphatic rings. The van der Waals surface area contributed by atoms with E-state index in [9.17, 15) is 14.7 Å². The number of carbonyl (C=O) groups is 2. The molecule has 1 rings (SSSR count). The number of para-hydroxylation sites is 1. The van der Waals surface area contributed by atoms with Gasteiger partial charge in [0.25, 0.3) is 5.91 Å². The number of ether oxygens (including phenoxy) is 1. The molecule has 0 bridgehead atoms. The molecule has 2 N–H and O–H groups in total. The fraction of sp³-hybridized carbons (Fsp3) is 0.429. The van der Waals surface area contributed by atoms with E-state index in [1.54, 1.807) is 12.1 Å². The van der Waals surface area contributed by atoms with Crippen LogP contribution in [0.2, 0.25) is 0 Å². The van der Waals surface area contributed by atoms with Crippen LogP contribution in [0, 0.1) is 0 Å². The van der Waals surface area contributed by atoms with Crippen molar-refractivity contribution < 1.29 is 19.4 Å². The number of rotatable bonds is 5. The molecular weight excluding hydrogens is 246 g/mol. The number of phenols is 1. The Bertz CT molecular complexity index is 468. The molecule has 0 atom stereocenters. The monoisotopic (exact) mass is 265 g/mol. The molecule has 0 aliphatic heterocycles. The smallest absolute Gasteiger partial charge is 0.342 e. The van der Waals surface area contributed by atoms with E-state index in [-0.39, 0.29) is 29.4 Å². The Morgan fingerprint density at radius 2 is 1.95 bits per heavy atom. The highest BCUT2D eigenvalue weighted by atomic mass is 16.5. The van der Waals surface area contributed by atoms with Gasteiger partial charge in [-0.1, -0.05) is 19.1 Å². The summed E-state index contributed by atoms with van der Waals surface area (Å²) in [7, 11) is 0. The summed E-state index contributed by atoms with van der Waals surface area (Å²) in [4.78, 5) is 23.2. The van der Waals surface area contributed by atoms with E-state index >= 15 is 0 Å². The van der Waals surface area contributed by atoms with E-state index < -0.39 is 5.97 Å². The first-order valence-corrected chi connectivity index (χ1v) is 6.12. The summed E-state index contributed by atoms with van der Waals surface area (Å²) in [6, 6.07) is 6.03. The lowest BCUT2D eigenvalue weighted by molar-refractivity contribution is -0.125. The van der Waals surface area contributed by atoms with Crippen LogP contribution in [0.25, 0.3) is 0 Å². The second-order valence-corrected chi connectivity index (χ2v) is 4.88. The zero-order valence-electron chi connectivity index (χ0n) is 11.4. The van der Waals surface area contributed by atoms with E-state index in [2.05, 4.69) is 5.32 Å². The Kier molecular flexibility index (Phi) is 4.92. The highest BCUT2D eigenvalue weighted by Gasteiger charge is 2.19. The van der Waals surface area contributed by atoms with Gasteiger partial charge in [0, 0.05) is 5.54 Å². The maximum absolute atomic E-state index is 11.6. The number of esters is 1. The van der Waals surface area contributed by atoms with Gasteiger partial charge in [-0.25, -0.2) is 4.79 Å². The van der Waals surface area contributed by atoms with Crippen molar-refractivity contribution in [3.8, 4) is 5.75 Å². The number of aromatic hydroxyl groups is 1. The number of nitrogens with one attached hydrogen (secondary N) is 1. The lowest BCUT2D eigenvalue weighted by Crippen LogP contribution is -2.44. The van der Waals surface area contributed by atoms with Gasteiger partial charge >= 0.3 is 5.97 Å². The van der Waals surface area contributed by atoms with Crippen molar-refractivity contribution in [2.45, 2.75) is 32.7 Å². The van der Waals surface area contributed by atoms with Crippen LogP contribution in [0.15, 0.2) is 24.3 Å². The summed E-state index contributed by atoms with van der Waals surface area (Å²) in [6.45, 7) is 5.36. The van der Waals surface area contributed by atoms with Crippen molar-refractivity contribution in [3.63, 3.8) is 0 Å². The van der Waals surface area contributed by atoms with Crippen molar-refractivity contribution in [1.82, 2.24) is 5.32 Å². The highest BCUT2D eigenvalue weighted by molar-refractivity contribution is 5.93. The quantitative estimate of drug-likeness (QED) is 0.797. The summed E-state index contributed by atoms with van der Waals surface area (Å²) < 4.78 is 4.85. The van der Waals surface area contributed by atoms with Gasteiger partial charge in [0.15, 0.2) is 6.61 Å². The molecule has 0 unspecified atom stereocenters. The van der Waals surface area contributed by atoms with Crippen molar-refractivity contribution in [3.05, 3.63) is 29.8 Å². The molecule has 5 heteroatoms. The third kappa shape index (κ3) is 4.62. The summed E-state index contributed by atoms with van der Waals surface area (Å²) in [5.74, 6) is -1.25. The molecule has 1 aromatic carbocycles. The first-order valence-electron chi connectivity index (χ1n) is 6.12. The Labute approximate surface area is 112 Å². The SMILES string of the molecule is CCC(C)(C)NC(=O)COC(=O)c1ccccc1O. The normalized spacial score (nSPS) is 10.9. The summed E-state index contributed by atoms with van der Waals surface area (Å²) in [5, 5.41) is 12.2. The minimum absolute atomic E-state index is 0.0463. The zero-order chi connectivity index (χ0) is 14.5. The lowest BCUT2D eigenvalue weighted by atomic mass is 10.0. The minimum atomic E-state index is -0.720. The van der Waals surface area contributed by atoms with Crippen molar-refractivity contribution in [1.29, 1.82) is 0 Å². The Morgan fingerprint density at radius 1 is 1.32 bits per heavy atom. The molecule has 5 nitrogen and oxygen atoms in total. The zero-order valence-corrected chi connectivity index (χ0v) is 11.4. The Balaban J connectivity index is 2.52. The number of hydrogen-bond acceptors (Lipinski definition) is 4. The Morgan fingerprint density at radius 3 is 2.53 bits per heavy atom. The molecule has 0 spiro atoms. The molecular formula is C14H19NO4. The topological polar surface area (TPSA) is 75.6 Å². The summed E-state index contributed by atoms with van der Waals surface area (Å²) in [6.07, 6.45) is 0.770. The largest absolute Gasteiger partial charge is 0.507 e. The lowest BCUT2D eigenvalue weighted by Gasteiger charge is -2.24. The molecule has 0 saturated carbocycles. The summed E-state index contributed by atoms with van der Waals surface area (Å²) >= 11 is 0. The van der Waals surface area contributed by atoms with Gasteiger partial charge in [-0.2, -0.15) is 0 Å². The second-order valence-electron chi connectivity index (χ2n) is 4.88. The van der Waals surface area contributed by atoms with Crippen LogP contribution in [0.3, 0.4) is 0 Å². The van der Waals surface area contributed by atoms with Gasteiger partial charge in [-0.15, -0.1) is 0 Å². The molecule has 0 fully saturated rings. The average Bonchev–Trinajstić information content (AvgIpc) is 2.36. The third-order valence-electron chi connectivity index (χ3n) is 2.82. The fourth-order valence-electron chi connectivity index (χ4n) is 1.36. The van der Waals surface area contributed by atoms with Crippen molar-refractivity contribution in [2.75, 3.05) is 6.61 Å². The molecule has 1 amide bonds. The van der Waals surface area contributed by atoms with Crippen LogP contribution in [0.4, 0.5) is 0 Å². The van der Waals surface area contributed by atoms with Crippen LogP contribution in [0.5, 0.6) is 5.75 Å². The van der Waals surface area contributed by atoms with E-state index in [1.165, 1.54) is 12.1 Å². The number of phenolic OH excluding ortho intramolecular Hbond substituents is 1. The molecule has 0 aliphatic carbocycles. The number of amides is 1. The fourth-order valence-corrected chi connectivity index (χ4v) is 1.36. The Hall–Kier alpha value is -2.04. The van der Waals surface area contributed by atoms with Gasteiger partial charge in [-0.05, 0) is 32.4 Å². The minimum Gasteiger partial charge on any atom is -0.507 e. The number of carbonyl (C=O) groups excluding carboxylic acids is 2. The predicted octanol–water partition coefficient (Wildman–Crippen LogP) is 1.85. The molecule has 104 valence electrons. The van der Waals surface area contributed by atoms with E-state index in [0.29, 0.717) is 0 Å². The van der Waals surface area contributed by atoms with E-state index in [4.69, 9.17) is 4.74 Å². The van der Waals surface area contributed by atoms with Crippen molar-refractivity contribution >= 4 is 11.9 Å². The van der Waals surface area contributed by atoms with Gasteiger partial charge < -0.3 is 15.2 Å². The van der Waals surface area contributed by atoms with Gasteiger partial charge in [0.05, 0.1) is 0 Å². The first-order chi connectivity index (χ1) is 8.85. The van der Waals surface area contributed by atoms with E-state index in [0.717, 1.165) is 6.42 Å². The summed E-state index contributed by atoms with van der Waals surface area (Å²) in [5.41, 5.74) is -0.289.